The van der Waals surface area contributed by atoms with Crippen LogP contribution in [0, 0.1) is 0 Å². The van der Waals surface area contributed by atoms with Crippen molar-refractivity contribution in [2.75, 3.05) is 60.0 Å². The Labute approximate surface area is 122 Å². The van der Waals surface area contributed by atoms with Crippen molar-refractivity contribution in [1.82, 2.24) is 15.1 Å². The molecule has 1 unspecified atom stereocenters. The van der Waals surface area contributed by atoms with Gasteiger partial charge in [-0.15, -0.1) is 0 Å². The molecule has 1 fully saturated rings. The molecule has 0 spiro atoms. The lowest BCUT2D eigenvalue weighted by Crippen LogP contribution is -2.45. The number of amides is 1. The third-order valence-electron chi connectivity index (χ3n) is 3.75. The first-order valence-electron chi connectivity index (χ1n) is 7.56. The topological polar surface area (TPSA) is 70.8 Å². The molecule has 1 atom stereocenters. The molecule has 0 bridgehead atoms. The number of nitrogens with two attached hydrogens (primary N) is 1. The normalized spacial score (nSPS) is 18.9. The first-order valence-corrected chi connectivity index (χ1v) is 7.56. The minimum absolute atomic E-state index is 0.0421. The molecule has 0 saturated carbocycles. The lowest BCUT2D eigenvalue weighted by Gasteiger charge is -2.32. The molecular formula is C14H30N4O2. The van der Waals surface area contributed by atoms with Gasteiger partial charge < -0.3 is 25.6 Å². The number of ether oxygens (including phenoxy) is 1. The van der Waals surface area contributed by atoms with Crippen molar-refractivity contribution in [3.8, 4) is 0 Å². The van der Waals surface area contributed by atoms with Gasteiger partial charge in [-0.25, -0.2) is 0 Å². The van der Waals surface area contributed by atoms with Gasteiger partial charge in [0.25, 0.3) is 0 Å². The highest BCUT2D eigenvalue weighted by atomic mass is 16.5. The van der Waals surface area contributed by atoms with Gasteiger partial charge in [0.15, 0.2) is 0 Å². The monoisotopic (exact) mass is 286 g/mol. The maximum atomic E-state index is 11.7. The number of piperazine rings is 1. The van der Waals surface area contributed by atoms with Gasteiger partial charge in [0.05, 0.1) is 6.04 Å². The predicted octanol–water partition coefficient (Wildman–Crippen LogP) is -0.506. The second-order valence-electron chi connectivity index (χ2n) is 5.53. The van der Waals surface area contributed by atoms with E-state index in [9.17, 15) is 4.79 Å². The van der Waals surface area contributed by atoms with Gasteiger partial charge in [-0.2, -0.15) is 0 Å². The Morgan fingerprint density at radius 1 is 1.30 bits per heavy atom. The van der Waals surface area contributed by atoms with Crippen LogP contribution in [-0.2, 0) is 9.53 Å². The van der Waals surface area contributed by atoms with Crippen LogP contribution in [0.1, 0.15) is 19.3 Å². The minimum Gasteiger partial charge on any atom is -0.385 e. The summed E-state index contributed by atoms with van der Waals surface area (Å²) in [6, 6.07) is -0.409. The summed E-state index contributed by atoms with van der Waals surface area (Å²) < 4.78 is 4.95. The quantitative estimate of drug-likeness (QED) is 0.559. The highest BCUT2D eigenvalue weighted by Gasteiger charge is 2.14. The summed E-state index contributed by atoms with van der Waals surface area (Å²) in [6.45, 7) is 6.94. The van der Waals surface area contributed by atoms with Crippen molar-refractivity contribution in [2.45, 2.75) is 25.3 Å². The lowest BCUT2D eigenvalue weighted by molar-refractivity contribution is -0.122. The Morgan fingerprint density at radius 2 is 2.00 bits per heavy atom. The van der Waals surface area contributed by atoms with Crippen LogP contribution in [-0.4, -0.2) is 81.8 Å². The molecule has 1 aliphatic heterocycles. The summed E-state index contributed by atoms with van der Waals surface area (Å²) in [4.78, 5) is 16.5. The van der Waals surface area contributed by atoms with Crippen molar-refractivity contribution in [2.24, 2.45) is 5.73 Å². The SMILES string of the molecule is COCCCC(N)C(=O)NCCCN1CCN(C)CC1. The fraction of sp³-hybridized carbons (Fsp3) is 0.929. The van der Waals surface area contributed by atoms with Gasteiger partial charge in [0, 0.05) is 46.4 Å². The molecule has 1 heterocycles. The average Bonchev–Trinajstić information content (AvgIpc) is 2.45. The summed E-state index contributed by atoms with van der Waals surface area (Å²) in [6.07, 6.45) is 2.49. The van der Waals surface area contributed by atoms with Gasteiger partial charge in [-0.1, -0.05) is 0 Å². The van der Waals surface area contributed by atoms with E-state index in [2.05, 4.69) is 22.2 Å². The molecule has 0 aliphatic carbocycles. The van der Waals surface area contributed by atoms with Crippen LogP contribution in [0.5, 0.6) is 0 Å². The first kappa shape index (κ1) is 17.4. The van der Waals surface area contributed by atoms with E-state index < -0.39 is 6.04 Å². The molecule has 0 aromatic heterocycles. The highest BCUT2D eigenvalue weighted by Crippen LogP contribution is 2.00. The third kappa shape index (κ3) is 7.19. The number of methoxy groups -OCH3 is 1. The van der Waals surface area contributed by atoms with E-state index in [1.54, 1.807) is 7.11 Å². The van der Waals surface area contributed by atoms with Crippen LogP contribution in [0.3, 0.4) is 0 Å². The predicted molar refractivity (Wildman–Crippen MR) is 80.6 cm³/mol. The number of carbonyl (C=O) groups is 1. The molecule has 1 amide bonds. The van der Waals surface area contributed by atoms with Crippen molar-refractivity contribution >= 4 is 5.91 Å². The molecule has 1 aliphatic rings. The number of hydrogen-bond donors (Lipinski definition) is 2. The van der Waals surface area contributed by atoms with Crippen molar-refractivity contribution in [3.05, 3.63) is 0 Å². The van der Waals surface area contributed by atoms with Gasteiger partial charge in [0.2, 0.25) is 5.91 Å². The van der Waals surface area contributed by atoms with Crippen LogP contribution >= 0.6 is 0 Å². The maximum absolute atomic E-state index is 11.7. The van der Waals surface area contributed by atoms with E-state index >= 15 is 0 Å². The minimum atomic E-state index is -0.409. The zero-order valence-electron chi connectivity index (χ0n) is 12.9. The van der Waals surface area contributed by atoms with Crippen LogP contribution < -0.4 is 11.1 Å². The second kappa shape index (κ2) is 10.1. The summed E-state index contributed by atoms with van der Waals surface area (Å²) in [5.41, 5.74) is 5.81. The summed E-state index contributed by atoms with van der Waals surface area (Å²) in [7, 11) is 3.81. The van der Waals surface area contributed by atoms with Gasteiger partial charge >= 0.3 is 0 Å². The molecule has 118 valence electrons. The number of nitrogens with zero attached hydrogens (tertiary/aromatic N) is 2. The van der Waals surface area contributed by atoms with Gasteiger partial charge in [-0.05, 0) is 32.9 Å². The summed E-state index contributed by atoms with van der Waals surface area (Å²) in [5.74, 6) is -0.0421. The van der Waals surface area contributed by atoms with Crippen molar-refractivity contribution in [3.63, 3.8) is 0 Å². The molecule has 0 aromatic rings. The molecule has 0 aromatic carbocycles. The lowest BCUT2D eigenvalue weighted by atomic mass is 10.1. The number of hydrogen-bond acceptors (Lipinski definition) is 5. The van der Waals surface area contributed by atoms with E-state index in [1.807, 2.05) is 0 Å². The highest BCUT2D eigenvalue weighted by molar-refractivity contribution is 5.81. The Hall–Kier alpha value is -0.690. The van der Waals surface area contributed by atoms with Gasteiger partial charge in [0.1, 0.15) is 0 Å². The zero-order chi connectivity index (χ0) is 14.8. The summed E-state index contributed by atoms with van der Waals surface area (Å²) in [5, 5.41) is 2.92. The fourth-order valence-corrected chi connectivity index (χ4v) is 2.30. The molecule has 6 heteroatoms. The summed E-state index contributed by atoms with van der Waals surface area (Å²) >= 11 is 0. The zero-order valence-corrected chi connectivity index (χ0v) is 12.9. The first-order chi connectivity index (χ1) is 9.63. The molecule has 20 heavy (non-hydrogen) atoms. The third-order valence-corrected chi connectivity index (χ3v) is 3.75. The molecule has 0 radical (unpaired) electrons. The average molecular weight is 286 g/mol. The molecule has 3 N–H and O–H groups in total. The molecular weight excluding hydrogens is 256 g/mol. The van der Waals surface area contributed by atoms with E-state index in [4.69, 9.17) is 10.5 Å². The molecule has 1 rings (SSSR count). The largest absolute Gasteiger partial charge is 0.385 e. The second-order valence-corrected chi connectivity index (χ2v) is 5.53. The van der Waals surface area contributed by atoms with E-state index in [-0.39, 0.29) is 5.91 Å². The van der Waals surface area contributed by atoms with Crippen LogP contribution in [0.25, 0.3) is 0 Å². The Bertz CT molecular complexity index is 268. The van der Waals surface area contributed by atoms with E-state index in [0.717, 1.165) is 45.6 Å². The van der Waals surface area contributed by atoms with Crippen LogP contribution in [0.15, 0.2) is 0 Å². The Kier molecular flexibility index (Phi) is 8.77. The Morgan fingerprint density at radius 3 is 2.65 bits per heavy atom. The number of rotatable bonds is 9. The number of nitrogens with one attached hydrogen (secondary N) is 1. The fourth-order valence-electron chi connectivity index (χ4n) is 2.30. The molecule has 1 saturated heterocycles. The maximum Gasteiger partial charge on any atom is 0.236 e. The Balaban J connectivity index is 2.01. The van der Waals surface area contributed by atoms with E-state index in [1.165, 1.54) is 0 Å². The van der Waals surface area contributed by atoms with Crippen molar-refractivity contribution in [1.29, 1.82) is 0 Å². The van der Waals surface area contributed by atoms with E-state index in [0.29, 0.717) is 19.6 Å². The number of likely N-dealkylation sites (N-methyl/N-ethyl adjacent to an activating group) is 1. The van der Waals surface area contributed by atoms with Gasteiger partial charge in [-0.3, -0.25) is 4.79 Å². The van der Waals surface area contributed by atoms with Crippen LogP contribution in [0.4, 0.5) is 0 Å². The van der Waals surface area contributed by atoms with Crippen molar-refractivity contribution < 1.29 is 9.53 Å². The smallest absolute Gasteiger partial charge is 0.236 e. The van der Waals surface area contributed by atoms with Crippen LogP contribution in [0.2, 0.25) is 0 Å². The number of carbonyl (C=O) groups excluding carboxylic acids is 1. The molecule has 6 nitrogen and oxygen atoms in total. The standard InChI is InChI=1S/C14H30N4O2/c1-17-8-10-18(11-9-17)7-4-6-16-14(19)13(15)5-3-12-20-2/h13H,3-12,15H2,1-2H3,(H,16,19).